The van der Waals surface area contributed by atoms with Crippen molar-refractivity contribution in [3.8, 4) is 0 Å². The van der Waals surface area contributed by atoms with Crippen LogP contribution in [0.2, 0.25) is 0 Å². The number of nitrogens with zero attached hydrogens (tertiary/aromatic N) is 2. The normalized spacial score (nSPS) is 17.7. The van der Waals surface area contributed by atoms with E-state index >= 15 is 0 Å². The van der Waals surface area contributed by atoms with Crippen LogP contribution in [0.1, 0.15) is 38.4 Å². The number of carbonyl (C=O) groups is 1. The number of aliphatic hydroxyl groups excluding tert-OH is 1. The van der Waals surface area contributed by atoms with Crippen molar-refractivity contribution in [1.29, 1.82) is 0 Å². The molecule has 24 heavy (non-hydrogen) atoms. The molecule has 1 unspecified atom stereocenters. The molecule has 4 nitrogen and oxygen atoms in total. The first-order valence-corrected chi connectivity index (χ1v) is 8.61. The standard InChI is InChI=1S/C18H26F2N2O2/c1-3-22(4-2)18(24)13-8-10-21(11-9-13)12-16(23)17-14(19)6-5-7-15(17)20/h5-7,13,16,23H,3-4,8-12H2,1-2H3. The van der Waals surface area contributed by atoms with Gasteiger partial charge in [-0.2, -0.15) is 0 Å². The van der Waals surface area contributed by atoms with Crippen molar-refractivity contribution in [2.24, 2.45) is 5.92 Å². The summed E-state index contributed by atoms with van der Waals surface area (Å²) in [5, 5.41) is 10.2. The smallest absolute Gasteiger partial charge is 0.225 e. The van der Waals surface area contributed by atoms with E-state index in [0.29, 0.717) is 39.0 Å². The second-order valence-corrected chi connectivity index (χ2v) is 6.24. The Bertz CT molecular complexity index is 536. The molecule has 1 amide bonds. The van der Waals surface area contributed by atoms with E-state index in [2.05, 4.69) is 0 Å². The van der Waals surface area contributed by atoms with E-state index in [4.69, 9.17) is 0 Å². The first-order chi connectivity index (χ1) is 11.5. The average molecular weight is 340 g/mol. The lowest BCUT2D eigenvalue weighted by Gasteiger charge is -2.34. The third-order valence-electron chi connectivity index (χ3n) is 4.78. The molecule has 134 valence electrons. The van der Waals surface area contributed by atoms with E-state index in [9.17, 15) is 18.7 Å². The maximum atomic E-state index is 13.7. The van der Waals surface area contributed by atoms with Crippen LogP contribution < -0.4 is 0 Å². The van der Waals surface area contributed by atoms with Gasteiger partial charge < -0.3 is 14.9 Å². The Balaban J connectivity index is 1.90. The third kappa shape index (κ3) is 4.30. The maximum Gasteiger partial charge on any atom is 0.225 e. The van der Waals surface area contributed by atoms with Crippen molar-refractivity contribution in [2.45, 2.75) is 32.8 Å². The Morgan fingerprint density at radius 3 is 2.29 bits per heavy atom. The van der Waals surface area contributed by atoms with E-state index in [1.54, 1.807) is 0 Å². The van der Waals surface area contributed by atoms with Crippen molar-refractivity contribution < 1.29 is 18.7 Å². The molecular formula is C18H26F2N2O2. The first kappa shape index (κ1) is 18.8. The van der Waals surface area contributed by atoms with E-state index in [1.165, 1.54) is 6.07 Å². The van der Waals surface area contributed by atoms with Crippen LogP contribution in [-0.2, 0) is 4.79 Å². The molecule has 1 N–H and O–H groups in total. The Hall–Kier alpha value is -1.53. The summed E-state index contributed by atoms with van der Waals surface area (Å²) in [6.45, 7) is 6.81. The molecule has 1 aliphatic rings. The van der Waals surface area contributed by atoms with Crippen LogP contribution >= 0.6 is 0 Å². The summed E-state index contributed by atoms with van der Waals surface area (Å²) in [4.78, 5) is 16.2. The van der Waals surface area contributed by atoms with Gasteiger partial charge in [0, 0.05) is 25.6 Å². The highest BCUT2D eigenvalue weighted by atomic mass is 19.1. The SMILES string of the molecule is CCN(CC)C(=O)C1CCN(CC(O)c2c(F)cccc2F)CC1. The van der Waals surface area contributed by atoms with Gasteiger partial charge in [0.05, 0.1) is 11.7 Å². The fourth-order valence-corrected chi connectivity index (χ4v) is 3.32. The van der Waals surface area contributed by atoms with Crippen molar-refractivity contribution in [1.82, 2.24) is 9.80 Å². The lowest BCUT2D eigenvalue weighted by Crippen LogP contribution is -2.43. The summed E-state index contributed by atoms with van der Waals surface area (Å²) in [6, 6.07) is 3.58. The molecule has 6 heteroatoms. The molecule has 1 aromatic rings. The minimum atomic E-state index is -1.21. The lowest BCUT2D eigenvalue weighted by molar-refractivity contribution is -0.136. The van der Waals surface area contributed by atoms with Gasteiger partial charge in [-0.25, -0.2) is 8.78 Å². The predicted octanol–water partition coefficient (Wildman–Crippen LogP) is 2.58. The number of rotatable bonds is 6. The molecule has 0 aromatic heterocycles. The fraction of sp³-hybridized carbons (Fsp3) is 0.611. The quantitative estimate of drug-likeness (QED) is 0.866. The summed E-state index contributed by atoms with van der Waals surface area (Å²) in [7, 11) is 0. The number of hydrogen-bond acceptors (Lipinski definition) is 3. The summed E-state index contributed by atoms with van der Waals surface area (Å²) in [5.74, 6) is -1.27. The molecule has 1 fully saturated rings. The fourth-order valence-electron chi connectivity index (χ4n) is 3.32. The molecule has 0 spiro atoms. The van der Waals surface area contributed by atoms with Gasteiger partial charge in [0.2, 0.25) is 5.91 Å². The van der Waals surface area contributed by atoms with E-state index < -0.39 is 17.7 Å². The zero-order chi connectivity index (χ0) is 17.7. The molecule has 0 saturated carbocycles. The average Bonchev–Trinajstić information content (AvgIpc) is 2.56. The maximum absolute atomic E-state index is 13.7. The number of amides is 1. The molecule has 1 heterocycles. The number of likely N-dealkylation sites (tertiary alicyclic amines) is 1. The van der Waals surface area contributed by atoms with Crippen LogP contribution in [0.4, 0.5) is 8.78 Å². The van der Waals surface area contributed by atoms with Gasteiger partial charge in [-0.05, 0) is 51.9 Å². The van der Waals surface area contributed by atoms with Crippen molar-refractivity contribution in [3.05, 3.63) is 35.4 Å². The van der Waals surface area contributed by atoms with Gasteiger partial charge in [-0.15, -0.1) is 0 Å². The first-order valence-electron chi connectivity index (χ1n) is 8.61. The zero-order valence-electron chi connectivity index (χ0n) is 14.3. The highest BCUT2D eigenvalue weighted by Crippen LogP contribution is 2.25. The topological polar surface area (TPSA) is 43.8 Å². The van der Waals surface area contributed by atoms with Crippen LogP contribution in [0.3, 0.4) is 0 Å². The third-order valence-corrected chi connectivity index (χ3v) is 4.78. The molecule has 0 aliphatic carbocycles. The second-order valence-electron chi connectivity index (χ2n) is 6.24. The largest absolute Gasteiger partial charge is 0.387 e. The number of carbonyl (C=O) groups excluding carboxylic acids is 1. The van der Waals surface area contributed by atoms with E-state index in [1.807, 2.05) is 23.6 Å². The minimum absolute atomic E-state index is 0.00323. The van der Waals surface area contributed by atoms with Crippen molar-refractivity contribution in [2.75, 3.05) is 32.7 Å². The lowest BCUT2D eigenvalue weighted by atomic mass is 9.94. The number of hydrogen-bond donors (Lipinski definition) is 1. The molecule has 1 saturated heterocycles. The molecular weight excluding hydrogens is 314 g/mol. The molecule has 1 aromatic carbocycles. The summed E-state index contributed by atoms with van der Waals surface area (Å²) in [5.41, 5.74) is -0.279. The zero-order valence-corrected chi connectivity index (χ0v) is 14.3. The molecule has 0 bridgehead atoms. The Morgan fingerprint density at radius 2 is 1.79 bits per heavy atom. The van der Waals surface area contributed by atoms with Gasteiger partial charge in [-0.3, -0.25) is 4.79 Å². The van der Waals surface area contributed by atoms with Gasteiger partial charge in [0.1, 0.15) is 11.6 Å². The monoisotopic (exact) mass is 340 g/mol. The van der Waals surface area contributed by atoms with Crippen LogP contribution in [0.25, 0.3) is 0 Å². The molecule has 0 radical (unpaired) electrons. The Labute approximate surface area is 142 Å². The summed E-state index contributed by atoms with van der Waals surface area (Å²) >= 11 is 0. The van der Waals surface area contributed by atoms with Crippen LogP contribution in [0.5, 0.6) is 0 Å². The minimum Gasteiger partial charge on any atom is -0.387 e. The number of benzene rings is 1. The van der Waals surface area contributed by atoms with E-state index in [-0.39, 0.29) is 23.9 Å². The summed E-state index contributed by atoms with van der Waals surface area (Å²) < 4.78 is 27.4. The number of piperidine rings is 1. The second kappa shape index (κ2) is 8.53. The van der Waals surface area contributed by atoms with Crippen molar-refractivity contribution in [3.63, 3.8) is 0 Å². The molecule has 2 rings (SSSR count). The van der Waals surface area contributed by atoms with Crippen LogP contribution in [0, 0.1) is 17.6 Å². The van der Waals surface area contributed by atoms with Gasteiger partial charge in [0.15, 0.2) is 0 Å². The highest BCUT2D eigenvalue weighted by Gasteiger charge is 2.29. The van der Waals surface area contributed by atoms with Gasteiger partial charge >= 0.3 is 0 Å². The van der Waals surface area contributed by atoms with Crippen LogP contribution in [-0.4, -0.2) is 53.5 Å². The van der Waals surface area contributed by atoms with Gasteiger partial charge in [-0.1, -0.05) is 6.07 Å². The molecule has 1 atom stereocenters. The predicted molar refractivity (Wildman–Crippen MR) is 88.4 cm³/mol. The summed E-state index contributed by atoms with van der Waals surface area (Å²) in [6.07, 6.45) is 0.213. The number of β-amino-alcohol motifs (C(OH)–C–C–N with tert-alkyl or cyclic N) is 1. The number of halogens is 2. The van der Waals surface area contributed by atoms with Crippen LogP contribution in [0.15, 0.2) is 18.2 Å². The number of aliphatic hydroxyl groups is 1. The molecule has 1 aliphatic heterocycles. The highest BCUT2D eigenvalue weighted by molar-refractivity contribution is 5.78. The van der Waals surface area contributed by atoms with E-state index in [0.717, 1.165) is 12.1 Å². The Kier molecular flexibility index (Phi) is 6.69. The van der Waals surface area contributed by atoms with Gasteiger partial charge in [0.25, 0.3) is 0 Å². The Morgan fingerprint density at radius 1 is 1.25 bits per heavy atom. The van der Waals surface area contributed by atoms with Crippen molar-refractivity contribution >= 4 is 5.91 Å².